The molecule has 0 bridgehead atoms. The molecule has 2 aromatic rings. The maximum absolute atomic E-state index is 13.4. The first-order valence-corrected chi connectivity index (χ1v) is 12.9. The molecule has 0 heterocycles. The second kappa shape index (κ2) is 11.5. The van der Waals surface area contributed by atoms with Gasteiger partial charge in [-0.05, 0) is 42.3 Å². The molecular formula is C22H24Cl2F3N3O4S. The molecule has 192 valence electrons. The fourth-order valence-corrected chi connectivity index (χ4v) is 4.68. The predicted octanol–water partition coefficient (Wildman–Crippen LogP) is 4.33. The van der Waals surface area contributed by atoms with Crippen LogP contribution in [0.3, 0.4) is 0 Å². The van der Waals surface area contributed by atoms with Crippen LogP contribution in [-0.4, -0.2) is 51.0 Å². The number of hydrogen-bond acceptors (Lipinski definition) is 4. The average molecular weight is 554 g/mol. The monoisotopic (exact) mass is 553 g/mol. The smallest absolute Gasteiger partial charge is 0.357 e. The number of benzene rings is 2. The predicted molar refractivity (Wildman–Crippen MR) is 129 cm³/mol. The summed E-state index contributed by atoms with van der Waals surface area (Å²) in [6, 6.07) is 7.19. The number of nitrogens with zero attached hydrogens (tertiary/aromatic N) is 2. The zero-order valence-corrected chi connectivity index (χ0v) is 21.4. The van der Waals surface area contributed by atoms with Crippen LogP contribution in [0.1, 0.15) is 24.5 Å². The lowest BCUT2D eigenvalue weighted by atomic mass is 10.1. The Hall–Kier alpha value is -2.50. The molecule has 2 rings (SSSR count). The van der Waals surface area contributed by atoms with Crippen molar-refractivity contribution in [3.05, 3.63) is 63.6 Å². The minimum Gasteiger partial charge on any atom is -0.357 e. The molecule has 0 fully saturated rings. The molecule has 7 nitrogen and oxygen atoms in total. The van der Waals surface area contributed by atoms with Crippen molar-refractivity contribution in [1.82, 2.24) is 10.2 Å². The third-order valence-electron chi connectivity index (χ3n) is 5.13. The van der Waals surface area contributed by atoms with E-state index in [1.165, 1.54) is 19.2 Å². The third kappa shape index (κ3) is 7.49. The summed E-state index contributed by atoms with van der Waals surface area (Å²) in [5, 5.41) is 3.03. The van der Waals surface area contributed by atoms with Crippen molar-refractivity contribution in [3.63, 3.8) is 0 Å². The van der Waals surface area contributed by atoms with Crippen molar-refractivity contribution in [1.29, 1.82) is 0 Å². The van der Waals surface area contributed by atoms with Gasteiger partial charge in [-0.2, -0.15) is 13.2 Å². The van der Waals surface area contributed by atoms with E-state index >= 15 is 0 Å². The molecule has 0 aliphatic carbocycles. The molecule has 0 aliphatic rings. The molecular weight excluding hydrogens is 530 g/mol. The summed E-state index contributed by atoms with van der Waals surface area (Å²) in [5.41, 5.74) is -0.970. The van der Waals surface area contributed by atoms with Gasteiger partial charge in [-0.25, -0.2) is 8.42 Å². The van der Waals surface area contributed by atoms with Crippen LogP contribution >= 0.6 is 23.2 Å². The molecule has 0 spiro atoms. The van der Waals surface area contributed by atoms with E-state index in [2.05, 4.69) is 5.32 Å². The van der Waals surface area contributed by atoms with Gasteiger partial charge in [0.15, 0.2) is 0 Å². The van der Waals surface area contributed by atoms with Crippen LogP contribution < -0.4 is 9.62 Å². The van der Waals surface area contributed by atoms with Gasteiger partial charge in [0, 0.05) is 23.6 Å². The zero-order valence-electron chi connectivity index (χ0n) is 19.1. The molecule has 35 heavy (non-hydrogen) atoms. The third-order valence-corrected chi connectivity index (χ3v) is 6.86. The van der Waals surface area contributed by atoms with Gasteiger partial charge < -0.3 is 10.2 Å². The highest BCUT2D eigenvalue weighted by molar-refractivity contribution is 7.92. The summed E-state index contributed by atoms with van der Waals surface area (Å²) >= 11 is 12.2. The number of carbonyl (C=O) groups excluding carboxylic acids is 2. The summed E-state index contributed by atoms with van der Waals surface area (Å²) in [5.74, 6) is -1.31. The maximum Gasteiger partial charge on any atom is 0.416 e. The summed E-state index contributed by atoms with van der Waals surface area (Å²) < 4.78 is 65.1. The van der Waals surface area contributed by atoms with E-state index in [0.717, 1.165) is 29.4 Å². The molecule has 0 unspecified atom stereocenters. The molecule has 0 aromatic heterocycles. The highest BCUT2D eigenvalue weighted by atomic mass is 35.5. The van der Waals surface area contributed by atoms with Gasteiger partial charge in [0.2, 0.25) is 21.8 Å². The van der Waals surface area contributed by atoms with Gasteiger partial charge in [-0.1, -0.05) is 42.3 Å². The van der Waals surface area contributed by atoms with Crippen LogP contribution in [0.25, 0.3) is 0 Å². The number of sulfonamides is 1. The summed E-state index contributed by atoms with van der Waals surface area (Å²) in [7, 11) is -2.80. The molecule has 0 radical (unpaired) electrons. The number of carbonyl (C=O) groups is 2. The summed E-state index contributed by atoms with van der Waals surface area (Å²) in [6.07, 6.45) is -3.76. The highest BCUT2D eigenvalue weighted by Gasteiger charge is 2.34. The lowest BCUT2D eigenvalue weighted by Crippen LogP contribution is -2.51. The largest absolute Gasteiger partial charge is 0.416 e. The van der Waals surface area contributed by atoms with Crippen LogP contribution in [-0.2, 0) is 32.3 Å². The van der Waals surface area contributed by atoms with Gasteiger partial charge in [-0.3, -0.25) is 13.9 Å². The van der Waals surface area contributed by atoms with Crippen LogP contribution in [0.5, 0.6) is 0 Å². The van der Waals surface area contributed by atoms with Gasteiger partial charge in [0.25, 0.3) is 0 Å². The summed E-state index contributed by atoms with van der Waals surface area (Å²) in [4.78, 5) is 27.1. The van der Waals surface area contributed by atoms with E-state index in [4.69, 9.17) is 23.2 Å². The van der Waals surface area contributed by atoms with E-state index in [0.29, 0.717) is 21.0 Å². The van der Waals surface area contributed by atoms with Crippen LogP contribution in [0.15, 0.2) is 42.5 Å². The Labute approximate surface area is 211 Å². The Morgan fingerprint density at radius 3 is 2.29 bits per heavy atom. The van der Waals surface area contributed by atoms with Gasteiger partial charge in [-0.15, -0.1) is 0 Å². The first-order valence-electron chi connectivity index (χ1n) is 10.3. The quantitative estimate of drug-likeness (QED) is 0.500. The Bertz CT molecular complexity index is 1190. The van der Waals surface area contributed by atoms with Gasteiger partial charge in [0.1, 0.15) is 12.6 Å². The minimum atomic E-state index is -4.72. The van der Waals surface area contributed by atoms with Gasteiger partial charge >= 0.3 is 6.18 Å². The fraction of sp³-hybridized carbons (Fsp3) is 0.364. The fourth-order valence-electron chi connectivity index (χ4n) is 3.37. The van der Waals surface area contributed by atoms with Crippen molar-refractivity contribution in [2.24, 2.45) is 0 Å². The van der Waals surface area contributed by atoms with E-state index in [1.807, 2.05) is 0 Å². The molecule has 1 N–H and O–H groups in total. The topological polar surface area (TPSA) is 86.8 Å². The number of anilines is 1. The lowest BCUT2D eigenvalue weighted by Gasteiger charge is -2.32. The van der Waals surface area contributed by atoms with E-state index in [1.54, 1.807) is 13.0 Å². The Kier molecular flexibility index (Phi) is 9.43. The van der Waals surface area contributed by atoms with E-state index < -0.39 is 46.2 Å². The Morgan fingerprint density at radius 1 is 1.11 bits per heavy atom. The summed E-state index contributed by atoms with van der Waals surface area (Å²) in [6.45, 7) is 0.657. The molecule has 2 aromatic carbocycles. The first kappa shape index (κ1) is 28.7. The molecule has 0 aliphatic heterocycles. The highest BCUT2D eigenvalue weighted by Crippen LogP contribution is 2.32. The normalized spacial score (nSPS) is 12.7. The van der Waals surface area contributed by atoms with E-state index in [-0.39, 0.29) is 23.7 Å². The number of halogens is 5. The van der Waals surface area contributed by atoms with Crippen molar-refractivity contribution in [2.75, 3.05) is 24.2 Å². The maximum atomic E-state index is 13.4. The van der Waals surface area contributed by atoms with Crippen LogP contribution in [0.2, 0.25) is 10.0 Å². The minimum absolute atomic E-state index is 0.166. The Balaban J connectivity index is 2.51. The Morgan fingerprint density at radius 2 is 1.77 bits per heavy atom. The SMILES string of the molecule is CC[C@@H](C(=O)NC)N(Cc1ccc(Cl)cc1Cl)C(=O)CN(c1cccc(C(F)(F)F)c1)S(C)(=O)=O. The number of nitrogens with one attached hydrogen (secondary N) is 1. The molecule has 2 amide bonds. The molecule has 13 heteroatoms. The number of hydrogen-bond donors (Lipinski definition) is 1. The van der Waals surface area contributed by atoms with Crippen LogP contribution in [0, 0.1) is 0 Å². The number of rotatable bonds is 9. The average Bonchev–Trinajstić information content (AvgIpc) is 2.77. The first-order chi connectivity index (χ1) is 16.2. The standard InChI is InChI=1S/C22H24Cl2F3N3O4S/c1-4-19(21(32)28-2)29(12-14-8-9-16(23)11-18(14)24)20(31)13-30(35(3,33)34)17-7-5-6-15(10-17)22(25,26)27/h5-11,19H,4,12-13H2,1-3H3,(H,28,32)/t19-/m0/s1. The molecule has 0 saturated heterocycles. The number of amides is 2. The van der Waals surface area contributed by atoms with Crippen molar-refractivity contribution < 1.29 is 31.2 Å². The lowest BCUT2D eigenvalue weighted by molar-refractivity contribution is -0.140. The zero-order chi connectivity index (χ0) is 26.6. The molecule has 0 saturated carbocycles. The van der Waals surface area contributed by atoms with Crippen molar-refractivity contribution in [3.8, 4) is 0 Å². The van der Waals surface area contributed by atoms with E-state index in [9.17, 15) is 31.2 Å². The number of alkyl halides is 3. The van der Waals surface area contributed by atoms with Gasteiger partial charge in [0.05, 0.1) is 17.5 Å². The van der Waals surface area contributed by atoms with Crippen molar-refractivity contribution in [2.45, 2.75) is 32.1 Å². The second-order valence-electron chi connectivity index (χ2n) is 7.61. The number of likely N-dealkylation sites (N-methyl/N-ethyl adjacent to an activating group) is 1. The van der Waals surface area contributed by atoms with Crippen molar-refractivity contribution >= 4 is 50.7 Å². The molecule has 1 atom stereocenters. The second-order valence-corrected chi connectivity index (χ2v) is 10.4. The van der Waals surface area contributed by atoms with Crippen LogP contribution in [0.4, 0.5) is 18.9 Å².